The smallest absolute Gasteiger partial charge is 0.319 e. The summed E-state index contributed by atoms with van der Waals surface area (Å²) >= 11 is 1.61. The second-order valence-corrected chi connectivity index (χ2v) is 7.77. The van der Waals surface area contributed by atoms with Crippen LogP contribution >= 0.6 is 11.3 Å². The number of nitrogens with one attached hydrogen (secondary N) is 2. The number of urea groups is 1. The molecule has 25 heavy (non-hydrogen) atoms. The number of hydrogen-bond acceptors (Lipinski definition) is 3. The molecule has 2 aromatic rings. The first-order chi connectivity index (χ1) is 12.0. The van der Waals surface area contributed by atoms with Gasteiger partial charge in [-0.15, -0.1) is 11.3 Å². The third-order valence-corrected chi connectivity index (χ3v) is 6.33. The highest BCUT2D eigenvalue weighted by molar-refractivity contribution is 7.12. The molecule has 1 aliphatic rings. The van der Waals surface area contributed by atoms with Gasteiger partial charge in [-0.3, -0.25) is 0 Å². The third kappa shape index (κ3) is 4.02. The number of rotatable bonds is 5. The van der Waals surface area contributed by atoms with Crippen molar-refractivity contribution >= 4 is 23.1 Å². The predicted molar refractivity (Wildman–Crippen MR) is 98.5 cm³/mol. The second-order valence-electron chi connectivity index (χ2n) is 6.65. The summed E-state index contributed by atoms with van der Waals surface area (Å²) in [5.74, 6) is -0.451. The standard InChI is InChI=1S/C19H23FN2O2S/c1-13(23)16-8-9-17(25-16)19(10-4-5-11-19)12-21-18(24)22-15-7-3-2-6-14(15)20/h2-3,6-9,13,23H,4-5,10-12H2,1H3,(H2,21,22,24)/t13-/m1/s1. The molecule has 3 rings (SSSR count). The summed E-state index contributed by atoms with van der Waals surface area (Å²) in [6.07, 6.45) is 3.78. The van der Waals surface area contributed by atoms with Gasteiger partial charge < -0.3 is 15.7 Å². The number of carbonyl (C=O) groups excluding carboxylic acids is 1. The van der Waals surface area contributed by atoms with Crippen molar-refractivity contribution < 1.29 is 14.3 Å². The van der Waals surface area contributed by atoms with Crippen molar-refractivity contribution in [2.45, 2.75) is 44.1 Å². The second kappa shape index (κ2) is 7.54. The summed E-state index contributed by atoms with van der Waals surface area (Å²) in [5, 5.41) is 15.2. The van der Waals surface area contributed by atoms with E-state index in [1.54, 1.807) is 30.4 Å². The molecule has 0 spiro atoms. The van der Waals surface area contributed by atoms with Crippen molar-refractivity contribution in [3.63, 3.8) is 0 Å². The fourth-order valence-electron chi connectivity index (χ4n) is 3.40. The molecule has 1 aromatic carbocycles. The monoisotopic (exact) mass is 362 g/mol. The van der Waals surface area contributed by atoms with Gasteiger partial charge in [-0.25, -0.2) is 9.18 Å². The van der Waals surface area contributed by atoms with Crippen molar-refractivity contribution in [2.75, 3.05) is 11.9 Å². The van der Waals surface area contributed by atoms with Crippen molar-refractivity contribution in [1.29, 1.82) is 0 Å². The van der Waals surface area contributed by atoms with E-state index in [-0.39, 0.29) is 11.1 Å². The predicted octanol–water partition coefficient (Wildman–Crippen LogP) is 4.57. The lowest BCUT2D eigenvalue weighted by Crippen LogP contribution is -2.40. The minimum Gasteiger partial charge on any atom is -0.388 e. The maximum absolute atomic E-state index is 13.6. The van der Waals surface area contributed by atoms with Crippen molar-refractivity contribution in [3.05, 3.63) is 52.0 Å². The molecular formula is C19H23FN2O2S. The highest BCUT2D eigenvalue weighted by Crippen LogP contribution is 2.44. The number of halogens is 1. The molecule has 3 N–H and O–H groups in total. The lowest BCUT2D eigenvalue weighted by Gasteiger charge is -2.28. The van der Waals surface area contributed by atoms with E-state index in [2.05, 4.69) is 16.7 Å². The largest absolute Gasteiger partial charge is 0.388 e. The number of aliphatic hydroxyl groups excluding tert-OH is 1. The number of carbonyl (C=O) groups is 1. The van der Waals surface area contributed by atoms with Gasteiger partial charge in [-0.2, -0.15) is 0 Å². The maximum atomic E-state index is 13.6. The highest BCUT2D eigenvalue weighted by Gasteiger charge is 2.37. The van der Waals surface area contributed by atoms with E-state index in [1.807, 2.05) is 6.07 Å². The number of aliphatic hydroxyl groups is 1. The molecule has 1 aliphatic carbocycles. The molecule has 6 heteroatoms. The molecule has 4 nitrogen and oxygen atoms in total. The van der Waals surface area contributed by atoms with Crippen LogP contribution in [0, 0.1) is 5.82 Å². The van der Waals surface area contributed by atoms with E-state index in [0.717, 1.165) is 30.6 Å². The van der Waals surface area contributed by atoms with Gasteiger partial charge in [0.05, 0.1) is 11.8 Å². The van der Waals surface area contributed by atoms with Crippen LogP contribution in [0.25, 0.3) is 0 Å². The Bertz CT molecular complexity index is 739. The Morgan fingerprint density at radius 3 is 2.64 bits per heavy atom. The Hall–Kier alpha value is -1.92. The maximum Gasteiger partial charge on any atom is 0.319 e. The van der Waals surface area contributed by atoms with Crippen LogP contribution in [0.3, 0.4) is 0 Å². The molecular weight excluding hydrogens is 339 g/mol. The molecule has 0 radical (unpaired) electrons. The summed E-state index contributed by atoms with van der Waals surface area (Å²) in [6, 6.07) is 9.75. The van der Waals surface area contributed by atoms with E-state index >= 15 is 0 Å². The van der Waals surface area contributed by atoms with E-state index in [9.17, 15) is 14.3 Å². The number of para-hydroxylation sites is 1. The first kappa shape index (κ1) is 17.9. The fourth-order valence-corrected chi connectivity index (χ4v) is 4.59. The molecule has 1 saturated carbocycles. The Morgan fingerprint density at radius 1 is 1.28 bits per heavy atom. The van der Waals surface area contributed by atoms with Gasteiger partial charge >= 0.3 is 6.03 Å². The molecule has 1 heterocycles. The van der Waals surface area contributed by atoms with Crippen LogP contribution in [0.4, 0.5) is 14.9 Å². The average molecular weight is 362 g/mol. The van der Waals surface area contributed by atoms with Gasteiger partial charge in [0, 0.05) is 21.7 Å². The number of thiophene rings is 1. The van der Waals surface area contributed by atoms with Gasteiger partial charge in [0.15, 0.2) is 0 Å². The molecule has 0 bridgehead atoms. The van der Waals surface area contributed by atoms with E-state index in [1.165, 1.54) is 17.0 Å². The van der Waals surface area contributed by atoms with Crippen LogP contribution in [-0.4, -0.2) is 17.7 Å². The molecule has 134 valence electrons. The average Bonchev–Trinajstić information content (AvgIpc) is 3.25. The lowest BCUT2D eigenvalue weighted by molar-refractivity contribution is 0.203. The number of benzene rings is 1. The van der Waals surface area contributed by atoms with Crippen molar-refractivity contribution in [1.82, 2.24) is 5.32 Å². The van der Waals surface area contributed by atoms with Gasteiger partial charge in [-0.1, -0.05) is 25.0 Å². The van der Waals surface area contributed by atoms with Gasteiger partial charge in [0.25, 0.3) is 0 Å². The van der Waals surface area contributed by atoms with Crippen LogP contribution in [0.5, 0.6) is 0 Å². The van der Waals surface area contributed by atoms with Gasteiger partial charge in [-0.05, 0) is 44.0 Å². The van der Waals surface area contributed by atoms with Crippen LogP contribution in [0.1, 0.15) is 48.5 Å². The molecule has 1 fully saturated rings. The zero-order valence-electron chi connectivity index (χ0n) is 14.2. The van der Waals surface area contributed by atoms with E-state index in [4.69, 9.17) is 0 Å². The van der Waals surface area contributed by atoms with E-state index in [0.29, 0.717) is 6.54 Å². The molecule has 2 amide bonds. The molecule has 1 atom stereocenters. The minimum absolute atomic E-state index is 0.0929. The normalized spacial score (nSPS) is 17.2. The number of hydrogen-bond donors (Lipinski definition) is 3. The van der Waals surface area contributed by atoms with Gasteiger partial charge in [0.2, 0.25) is 0 Å². The summed E-state index contributed by atoms with van der Waals surface area (Å²) in [4.78, 5) is 14.3. The number of amides is 2. The molecule has 0 saturated heterocycles. The lowest BCUT2D eigenvalue weighted by atomic mass is 9.84. The summed E-state index contributed by atoms with van der Waals surface area (Å²) in [7, 11) is 0. The van der Waals surface area contributed by atoms with Gasteiger partial charge in [0.1, 0.15) is 5.82 Å². The van der Waals surface area contributed by atoms with E-state index < -0.39 is 18.0 Å². The first-order valence-corrected chi connectivity index (χ1v) is 9.39. The highest BCUT2D eigenvalue weighted by atomic mass is 32.1. The fraction of sp³-hybridized carbons (Fsp3) is 0.421. The number of anilines is 1. The summed E-state index contributed by atoms with van der Waals surface area (Å²) < 4.78 is 13.6. The summed E-state index contributed by atoms with van der Waals surface area (Å²) in [5.41, 5.74) is 0.0812. The van der Waals surface area contributed by atoms with Crippen LogP contribution in [-0.2, 0) is 5.41 Å². The Labute approximate surface area is 151 Å². The summed E-state index contributed by atoms with van der Waals surface area (Å²) in [6.45, 7) is 2.27. The third-order valence-electron chi connectivity index (χ3n) is 4.83. The first-order valence-electron chi connectivity index (χ1n) is 8.58. The van der Waals surface area contributed by atoms with Crippen molar-refractivity contribution in [2.24, 2.45) is 0 Å². The van der Waals surface area contributed by atoms with Crippen molar-refractivity contribution in [3.8, 4) is 0 Å². The Kier molecular flexibility index (Phi) is 5.39. The topological polar surface area (TPSA) is 61.4 Å². The SMILES string of the molecule is C[C@@H](O)c1ccc(C2(CNC(=O)Nc3ccccc3F)CCCC2)s1. The zero-order chi connectivity index (χ0) is 17.9. The molecule has 0 unspecified atom stereocenters. The Morgan fingerprint density at radius 2 is 2.00 bits per heavy atom. The van der Waals surface area contributed by atoms with Crippen LogP contribution < -0.4 is 10.6 Å². The molecule has 1 aromatic heterocycles. The van der Waals surface area contributed by atoms with Crippen LogP contribution in [0.15, 0.2) is 36.4 Å². The quantitative estimate of drug-likeness (QED) is 0.729. The molecule has 0 aliphatic heterocycles. The zero-order valence-corrected chi connectivity index (χ0v) is 15.0. The van der Waals surface area contributed by atoms with Crippen LogP contribution in [0.2, 0.25) is 0 Å². The minimum atomic E-state index is -0.477. The Balaban J connectivity index is 1.67.